The van der Waals surface area contributed by atoms with E-state index in [9.17, 15) is 0 Å². The number of anilines is 2. The molecular formula is C11H18BrN3. The van der Waals surface area contributed by atoms with Crippen LogP contribution in [0.25, 0.3) is 0 Å². The van der Waals surface area contributed by atoms with Crippen LogP contribution in [-0.4, -0.2) is 31.6 Å². The van der Waals surface area contributed by atoms with Gasteiger partial charge in [0, 0.05) is 17.1 Å². The lowest BCUT2D eigenvalue weighted by atomic mass is 10.2. The first-order chi connectivity index (χ1) is 6.99. The highest BCUT2D eigenvalue weighted by atomic mass is 79.9. The highest BCUT2D eigenvalue weighted by Crippen LogP contribution is 2.23. The average Bonchev–Trinajstić information content (AvgIpc) is 2.10. The molecule has 0 aromatic heterocycles. The van der Waals surface area contributed by atoms with Crippen molar-refractivity contribution in [2.24, 2.45) is 0 Å². The zero-order valence-electron chi connectivity index (χ0n) is 9.42. The van der Waals surface area contributed by atoms with Crippen molar-refractivity contribution in [3.05, 3.63) is 22.7 Å². The van der Waals surface area contributed by atoms with Gasteiger partial charge in [-0.2, -0.15) is 0 Å². The number of hydrogen-bond acceptors (Lipinski definition) is 3. The fraction of sp³-hybridized carbons (Fsp3) is 0.455. The minimum Gasteiger partial charge on any atom is -0.397 e. The van der Waals surface area contributed by atoms with Crippen LogP contribution in [-0.2, 0) is 0 Å². The summed E-state index contributed by atoms with van der Waals surface area (Å²) in [5.41, 5.74) is 7.64. The van der Waals surface area contributed by atoms with Gasteiger partial charge in [0.1, 0.15) is 0 Å². The summed E-state index contributed by atoms with van der Waals surface area (Å²) in [7, 11) is 4.12. The van der Waals surface area contributed by atoms with Crippen molar-refractivity contribution in [3.63, 3.8) is 0 Å². The number of benzene rings is 1. The van der Waals surface area contributed by atoms with Crippen molar-refractivity contribution in [2.45, 2.75) is 13.0 Å². The van der Waals surface area contributed by atoms with Crippen LogP contribution in [0.15, 0.2) is 22.7 Å². The second-order valence-corrected chi connectivity index (χ2v) is 4.95. The van der Waals surface area contributed by atoms with E-state index in [1.54, 1.807) is 0 Å². The highest BCUT2D eigenvalue weighted by molar-refractivity contribution is 9.10. The standard InChI is InChI=1S/C11H18BrN3/c1-8(7-15(2)3)14-11-6-9(12)4-5-10(11)13/h4-6,8,14H,7,13H2,1-3H3. The molecule has 15 heavy (non-hydrogen) atoms. The Balaban J connectivity index is 2.67. The summed E-state index contributed by atoms with van der Waals surface area (Å²) in [4.78, 5) is 2.14. The maximum atomic E-state index is 5.87. The predicted octanol–water partition coefficient (Wildman–Crippen LogP) is 2.39. The molecule has 1 unspecified atom stereocenters. The molecule has 0 aliphatic rings. The van der Waals surface area contributed by atoms with E-state index in [0.29, 0.717) is 6.04 Å². The van der Waals surface area contributed by atoms with Crippen molar-refractivity contribution >= 4 is 27.3 Å². The Labute approximate surface area is 99.8 Å². The van der Waals surface area contributed by atoms with Crippen molar-refractivity contribution < 1.29 is 0 Å². The molecule has 0 amide bonds. The van der Waals surface area contributed by atoms with Gasteiger partial charge < -0.3 is 16.0 Å². The molecule has 3 nitrogen and oxygen atoms in total. The lowest BCUT2D eigenvalue weighted by molar-refractivity contribution is 0.392. The summed E-state index contributed by atoms with van der Waals surface area (Å²) in [5, 5.41) is 3.39. The smallest absolute Gasteiger partial charge is 0.0587 e. The molecule has 0 bridgehead atoms. The van der Waals surface area contributed by atoms with Gasteiger partial charge in [-0.05, 0) is 39.2 Å². The Morgan fingerprint density at radius 3 is 2.73 bits per heavy atom. The minimum absolute atomic E-state index is 0.372. The van der Waals surface area contributed by atoms with E-state index >= 15 is 0 Å². The summed E-state index contributed by atoms with van der Waals surface area (Å²) in [5.74, 6) is 0. The summed E-state index contributed by atoms with van der Waals surface area (Å²) >= 11 is 3.43. The molecule has 0 radical (unpaired) electrons. The Morgan fingerprint density at radius 2 is 2.13 bits per heavy atom. The number of nitrogen functional groups attached to an aromatic ring is 1. The molecule has 0 saturated carbocycles. The fourth-order valence-corrected chi connectivity index (χ4v) is 1.87. The monoisotopic (exact) mass is 271 g/mol. The topological polar surface area (TPSA) is 41.3 Å². The number of halogens is 1. The van der Waals surface area contributed by atoms with E-state index in [4.69, 9.17) is 5.73 Å². The van der Waals surface area contributed by atoms with E-state index in [2.05, 4.69) is 47.2 Å². The van der Waals surface area contributed by atoms with Gasteiger partial charge in [-0.1, -0.05) is 15.9 Å². The number of nitrogens with one attached hydrogen (secondary N) is 1. The van der Waals surface area contributed by atoms with Crippen LogP contribution >= 0.6 is 15.9 Å². The van der Waals surface area contributed by atoms with Gasteiger partial charge in [0.25, 0.3) is 0 Å². The molecule has 4 heteroatoms. The summed E-state index contributed by atoms with van der Waals surface area (Å²) < 4.78 is 1.04. The van der Waals surface area contributed by atoms with Crippen LogP contribution in [0.3, 0.4) is 0 Å². The Hall–Kier alpha value is -0.740. The molecule has 0 saturated heterocycles. The zero-order chi connectivity index (χ0) is 11.4. The van der Waals surface area contributed by atoms with E-state index in [1.807, 2.05) is 18.2 Å². The van der Waals surface area contributed by atoms with Gasteiger partial charge in [0.15, 0.2) is 0 Å². The SMILES string of the molecule is CC(CN(C)C)Nc1cc(Br)ccc1N. The molecule has 0 aliphatic carbocycles. The molecule has 0 heterocycles. The molecule has 1 rings (SSSR count). The summed E-state index contributed by atoms with van der Waals surface area (Å²) in [6, 6.07) is 6.21. The van der Waals surface area contributed by atoms with Crippen molar-refractivity contribution in [1.29, 1.82) is 0 Å². The zero-order valence-corrected chi connectivity index (χ0v) is 11.0. The lowest BCUT2D eigenvalue weighted by Gasteiger charge is -2.20. The molecule has 0 aliphatic heterocycles. The summed E-state index contributed by atoms with van der Waals surface area (Å²) in [6.07, 6.45) is 0. The molecule has 3 N–H and O–H groups in total. The van der Waals surface area contributed by atoms with Crippen LogP contribution in [0.1, 0.15) is 6.92 Å². The molecule has 1 aromatic carbocycles. The van der Waals surface area contributed by atoms with Crippen LogP contribution in [0.2, 0.25) is 0 Å². The number of likely N-dealkylation sites (N-methyl/N-ethyl adjacent to an activating group) is 1. The first-order valence-corrected chi connectivity index (χ1v) is 5.74. The molecule has 1 atom stereocenters. The van der Waals surface area contributed by atoms with E-state index < -0.39 is 0 Å². The summed E-state index contributed by atoms with van der Waals surface area (Å²) in [6.45, 7) is 3.12. The number of rotatable bonds is 4. The largest absolute Gasteiger partial charge is 0.397 e. The third-order valence-corrected chi connectivity index (χ3v) is 2.55. The molecular weight excluding hydrogens is 254 g/mol. The second kappa shape index (κ2) is 5.37. The minimum atomic E-state index is 0.372. The fourth-order valence-electron chi connectivity index (χ4n) is 1.51. The van der Waals surface area contributed by atoms with Crippen LogP contribution < -0.4 is 11.1 Å². The van der Waals surface area contributed by atoms with Crippen LogP contribution in [0, 0.1) is 0 Å². The lowest BCUT2D eigenvalue weighted by Crippen LogP contribution is -2.29. The normalized spacial score (nSPS) is 12.9. The van der Waals surface area contributed by atoms with Crippen molar-refractivity contribution in [3.8, 4) is 0 Å². The van der Waals surface area contributed by atoms with Gasteiger partial charge in [0.2, 0.25) is 0 Å². The first kappa shape index (κ1) is 12.3. The number of nitrogens with zero attached hydrogens (tertiary/aromatic N) is 1. The van der Waals surface area contributed by atoms with Crippen LogP contribution in [0.4, 0.5) is 11.4 Å². The highest BCUT2D eigenvalue weighted by Gasteiger charge is 2.05. The Morgan fingerprint density at radius 1 is 1.47 bits per heavy atom. The molecule has 0 fully saturated rings. The van der Waals surface area contributed by atoms with Gasteiger partial charge in [-0.3, -0.25) is 0 Å². The third-order valence-electron chi connectivity index (χ3n) is 2.06. The van der Waals surface area contributed by atoms with Gasteiger partial charge >= 0.3 is 0 Å². The number of nitrogens with two attached hydrogens (primary N) is 1. The van der Waals surface area contributed by atoms with Gasteiger partial charge in [0.05, 0.1) is 11.4 Å². The van der Waals surface area contributed by atoms with Gasteiger partial charge in [-0.15, -0.1) is 0 Å². The van der Waals surface area contributed by atoms with E-state index in [-0.39, 0.29) is 0 Å². The average molecular weight is 272 g/mol. The van der Waals surface area contributed by atoms with Crippen LogP contribution in [0.5, 0.6) is 0 Å². The molecule has 1 aromatic rings. The Kier molecular flexibility index (Phi) is 4.42. The third kappa shape index (κ3) is 4.10. The molecule has 0 spiro atoms. The maximum Gasteiger partial charge on any atom is 0.0587 e. The second-order valence-electron chi connectivity index (χ2n) is 4.04. The van der Waals surface area contributed by atoms with Gasteiger partial charge in [-0.25, -0.2) is 0 Å². The maximum absolute atomic E-state index is 5.87. The quantitative estimate of drug-likeness (QED) is 0.827. The van der Waals surface area contributed by atoms with E-state index in [1.165, 1.54) is 0 Å². The van der Waals surface area contributed by atoms with Crippen molar-refractivity contribution in [2.75, 3.05) is 31.7 Å². The van der Waals surface area contributed by atoms with E-state index in [0.717, 1.165) is 22.4 Å². The Bertz CT molecular complexity index is 326. The van der Waals surface area contributed by atoms with Crippen molar-refractivity contribution in [1.82, 2.24) is 4.90 Å². The first-order valence-electron chi connectivity index (χ1n) is 4.95. The number of hydrogen-bond donors (Lipinski definition) is 2. The predicted molar refractivity (Wildman–Crippen MR) is 70.2 cm³/mol. The molecule has 84 valence electrons.